The zero-order valence-electron chi connectivity index (χ0n) is 29.1. The number of nitrogens with one attached hydrogen (secondary N) is 2. The van der Waals surface area contributed by atoms with E-state index in [9.17, 15) is 9.59 Å². The second-order valence-corrected chi connectivity index (χ2v) is 18.4. The Kier molecular flexibility index (Phi) is 17.3. The quantitative estimate of drug-likeness (QED) is 0.275. The van der Waals surface area contributed by atoms with E-state index in [-0.39, 0.29) is 35.3 Å². The summed E-state index contributed by atoms with van der Waals surface area (Å²) in [6.45, 7) is 16.3. The highest BCUT2D eigenvalue weighted by molar-refractivity contribution is 6.74. The molecular formula is C34H57ClN6O5Si. The fraction of sp³-hybridized carbons (Fsp3) is 0.647. The topological polar surface area (TPSA) is 129 Å². The molecule has 0 radical (unpaired) electrons. The third-order valence-corrected chi connectivity index (χ3v) is 13.1. The molecule has 264 valence electrons. The number of hydrogen-bond donors (Lipinski definition) is 3. The van der Waals surface area contributed by atoms with Gasteiger partial charge in [-0.25, -0.2) is 19.6 Å². The largest absolute Gasteiger partial charge is 0.542 e. The minimum absolute atomic E-state index is 0. The molecule has 5 heterocycles. The van der Waals surface area contributed by atoms with Crippen molar-refractivity contribution in [1.82, 2.24) is 19.8 Å². The first kappa shape index (κ1) is 40.1. The second kappa shape index (κ2) is 20.3. The van der Waals surface area contributed by atoms with Gasteiger partial charge in [0.1, 0.15) is 23.1 Å². The van der Waals surface area contributed by atoms with Crippen LogP contribution in [0.1, 0.15) is 85.0 Å². The van der Waals surface area contributed by atoms with Crippen LogP contribution in [-0.2, 0) is 4.74 Å². The van der Waals surface area contributed by atoms with Gasteiger partial charge < -0.3 is 24.1 Å². The number of carbonyl (C=O) groups excluding carboxylic acids is 2. The summed E-state index contributed by atoms with van der Waals surface area (Å²) in [4.78, 5) is 36.2. The molecule has 0 saturated carbocycles. The van der Waals surface area contributed by atoms with E-state index in [1.165, 1.54) is 50.8 Å². The molecule has 0 aliphatic carbocycles. The van der Waals surface area contributed by atoms with Crippen LogP contribution in [0.4, 0.5) is 21.2 Å². The van der Waals surface area contributed by atoms with E-state index in [0.29, 0.717) is 11.6 Å². The van der Waals surface area contributed by atoms with Crippen molar-refractivity contribution in [2.75, 3.05) is 50.0 Å². The van der Waals surface area contributed by atoms with Gasteiger partial charge in [0.05, 0.1) is 12.4 Å². The van der Waals surface area contributed by atoms with Crippen molar-refractivity contribution in [3.63, 3.8) is 0 Å². The molecule has 2 aromatic rings. The Labute approximate surface area is 288 Å². The number of amides is 4. The summed E-state index contributed by atoms with van der Waals surface area (Å²) >= 11 is 0. The summed E-state index contributed by atoms with van der Waals surface area (Å²) in [5.74, 6) is 1.91. The van der Waals surface area contributed by atoms with Gasteiger partial charge in [0, 0.05) is 39.4 Å². The number of rotatable bonds is 4. The number of aromatic hydroxyl groups is 1. The van der Waals surface area contributed by atoms with Crippen LogP contribution in [0.25, 0.3) is 0 Å². The normalized spacial score (nSPS) is 16.9. The lowest BCUT2D eigenvalue weighted by Gasteiger charge is -2.36. The van der Waals surface area contributed by atoms with Crippen molar-refractivity contribution in [1.29, 1.82) is 0 Å². The molecule has 0 atom stereocenters. The summed E-state index contributed by atoms with van der Waals surface area (Å²) in [6.07, 6.45) is 14.7. The average Bonchev–Trinajstić information content (AvgIpc) is 3.32. The molecule has 3 fully saturated rings. The van der Waals surface area contributed by atoms with E-state index in [0.717, 1.165) is 70.8 Å². The number of urea groups is 2. The zero-order valence-corrected chi connectivity index (χ0v) is 30.9. The molecule has 0 unspecified atom stereocenters. The standard InChI is InChI=1S/C18H31N3O2Si.C12H17N3O2.C4H8O.ClH/c1-18(2,3)24(4,5)23-15-10-11-16(19-14-15)20-17(22)21-12-8-6-7-9-13-21;16-10-5-6-11(13-9-10)14-12(17)15-7-3-1-2-4-8-15;1-2-4-5-3-1;/h10-11,14H,6-9,12-13H2,1-5H3,(H,19,20,22);5-6,9,16H,1-4,7-8H2,(H,13,14,17);1-4H2;1H. The predicted octanol–water partition coefficient (Wildman–Crippen LogP) is 8.29. The molecule has 4 amide bonds. The van der Waals surface area contributed by atoms with Gasteiger partial charge in [-0.3, -0.25) is 10.6 Å². The number of ether oxygens (including phenoxy) is 1. The smallest absolute Gasteiger partial charge is 0.323 e. The summed E-state index contributed by atoms with van der Waals surface area (Å²) < 4.78 is 11.2. The highest BCUT2D eigenvalue weighted by atomic mass is 35.5. The first-order valence-corrected chi connectivity index (χ1v) is 19.9. The monoisotopic (exact) mass is 692 g/mol. The van der Waals surface area contributed by atoms with Crippen LogP contribution >= 0.6 is 12.4 Å². The lowest BCUT2D eigenvalue weighted by atomic mass is 10.2. The van der Waals surface area contributed by atoms with E-state index < -0.39 is 8.32 Å². The SMILES string of the molecule is C1CCOC1.CC(C)(C)[Si](C)(C)Oc1ccc(NC(=O)N2CCCCCC2)nc1.Cl.O=C(Nc1ccc(O)cn1)N1CCCCCC1. The van der Waals surface area contributed by atoms with Gasteiger partial charge in [0.2, 0.25) is 0 Å². The highest BCUT2D eigenvalue weighted by Crippen LogP contribution is 2.37. The maximum Gasteiger partial charge on any atom is 0.323 e. The van der Waals surface area contributed by atoms with Crippen molar-refractivity contribution in [3.8, 4) is 11.5 Å². The van der Waals surface area contributed by atoms with E-state index >= 15 is 0 Å². The first-order chi connectivity index (χ1) is 21.9. The lowest BCUT2D eigenvalue weighted by Crippen LogP contribution is -2.43. The van der Waals surface area contributed by atoms with Crippen LogP contribution in [0, 0.1) is 0 Å². The third-order valence-electron chi connectivity index (χ3n) is 8.75. The van der Waals surface area contributed by atoms with Crippen LogP contribution < -0.4 is 15.1 Å². The summed E-state index contributed by atoms with van der Waals surface area (Å²) in [5, 5.41) is 14.9. The molecule has 0 spiro atoms. The molecule has 5 rings (SSSR count). The van der Waals surface area contributed by atoms with Gasteiger partial charge in [-0.1, -0.05) is 46.5 Å². The fourth-order valence-corrected chi connectivity index (χ4v) is 5.87. The number of nitrogens with zero attached hydrogens (tertiary/aromatic N) is 4. The van der Waals surface area contributed by atoms with Crippen LogP contribution in [0.2, 0.25) is 18.1 Å². The number of aromatic nitrogens is 2. The van der Waals surface area contributed by atoms with E-state index in [1.54, 1.807) is 12.3 Å². The molecule has 0 aromatic carbocycles. The van der Waals surface area contributed by atoms with Gasteiger partial charge in [-0.2, -0.15) is 0 Å². The number of halogens is 1. The van der Waals surface area contributed by atoms with Gasteiger partial charge in [-0.15, -0.1) is 12.4 Å². The molecule has 13 heteroatoms. The number of anilines is 2. The molecule has 3 aliphatic rings. The maximum atomic E-state index is 12.3. The minimum Gasteiger partial charge on any atom is -0.542 e. The van der Waals surface area contributed by atoms with Gasteiger partial charge in [0.15, 0.2) is 0 Å². The molecule has 11 nitrogen and oxygen atoms in total. The first-order valence-electron chi connectivity index (χ1n) is 16.9. The minimum atomic E-state index is -1.86. The predicted molar refractivity (Wildman–Crippen MR) is 193 cm³/mol. The van der Waals surface area contributed by atoms with E-state index in [1.807, 2.05) is 21.9 Å². The summed E-state index contributed by atoms with van der Waals surface area (Å²) in [7, 11) is -1.86. The number of pyridine rings is 2. The van der Waals surface area contributed by atoms with Crippen molar-refractivity contribution < 1.29 is 23.9 Å². The number of carbonyl (C=O) groups is 2. The average molecular weight is 693 g/mol. The number of likely N-dealkylation sites (tertiary alicyclic amines) is 2. The van der Waals surface area contributed by atoms with Crippen LogP contribution in [-0.4, -0.2) is 84.6 Å². The van der Waals surface area contributed by atoms with Crippen molar-refractivity contribution in [2.24, 2.45) is 0 Å². The Morgan fingerprint density at radius 2 is 1.19 bits per heavy atom. The van der Waals surface area contributed by atoms with Crippen LogP contribution in [0.15, 0.2) is 36.7 Å². The lowest BCUT2D eigenvalue weighted by molar-refractivity contribution is 0.198. The number of hydrogen-bond acceptors (Lipinski definition) is 7. The molecule has 0 bridgehead atoms. The van der Waals surface area contributed by atoms with Crippen molar-refractivity contribution in [3.05, 3.63) is 36.7 Å². The van der Waals surface area contributed by atoms with Crippen molar-refractivity contribution in [2.45, 2.75) is 103 Å². The van der Waals surface area contributed by atoms with Gasteiger partial charge in [0.25, 0.3) is 8.32 Å². The molecule has 3 aliphatic heterocycles. The second-order valence-electron chi connectivity index (χ2n) is 13.6. The highest BCUT2D eigenvalue weighted by Gasteiger charge is 2.39. The Morgan fingerprint density at radius 1 is 0.745 bits per heavy atom. The fourth-order valence-electron chi connectivity index (χ4n) is 4.86. The molecule has 3 N–H and O–H groups in total. The van der Waals surface area contributed by atoms with Crippen molar-refractivity contribution >= 4 is 44.4 Å². The molecular weight excluding hydrogens is 636 g/mol. The Balaban J connectivity index is 0.000000289. The summed E-state index contributed by atoms with van der Waals surface area (Å²) in [6, 6.07) is 6.65. The maximum absolute atomic E-state index is 12.3. The molecule has 2 aromatic heterocycles. The zero-order chi connectivity index (χ0) is 33.4. The Morgan fingerprint density at radius 3 is 1.53 bits per heavy atom. The molecule has 3 saturated heterocycles. The van der Waals surface area contributed by atoms with Crippen LogP contribution in [0.5, 0.6) is 11.5 Å². The Bertz CT molecular complexity index is 1170. The third kappa shape index (κ3) is 14.7. The van der Waals surface area contributed by atoms with Crippen LogP contribution in [0.3, 0.4) is 0 Å². The van der Waals surface area contributed by atoms with Gasteiger partial charge >= 0.3 is 12.1 Å². The van der Waals surface area contributed by atoms with Gasteiger partial charge in [-0.05, 0) is 80.9 Å². The molecule has 47 heavy (non-hydrogen) atoms. The summed E-state index contributed by atoms with van der Waals surface area (Å²) in [5.41, 5.74) is 0. The Hall–Kier alpha value is -3.09. The van der Waals surface area contributed by atoms with E-state index in [4.69, 9.17) is 14.3 Å². The van der Waals surface area contributed by atoms with E-state index in [2.05, 4.69) is 54.5 Å².